The molecule has 4 N–H and O–H groups in total. The number of anilines is 1. The van der Waals surface area contributed by atoms with Crippen LogP contribution in [0, 0.1) is 17.0 Å². The predicted molar refractivity (Wildman–Crippen MR) is 152 cm³/mol. The summed E-state index contributed by atoms with van der Waals surface area (Å²) in [5.74, 6) is -1.31. The van der Waals surface area contributed by atoms with E-state index in [1.54, 1.807) is 0 Å². The first kappa shape index (κ1) is 26.8. The molecule has 1 saturated carbocycles. The number of carbonyl (C=O) groups excluding carboxylic acids is 3. The maximum atomic E-state index is 14.2. The number of benzene rings is 2. The van der Waals surface area contributed by atoms with E-state index in [2.05, 4.69) is 21.3 Å². The van der Waals surface area contributed by atoms with Crippen LogP contribution in [0.15, 0.2) is 59.9 Å². The van der Waals surface area contributed by atoms with Gasteiger partial charge in [-0.15, -0.1) is 0 Å². The number of rotatable bonds is 4. The van der Waals surface area contributed by atoms with Crippen LogP contribution in [-0.2, 0) is 27.2 Å². The molecule has 7 rings (SSSR count). The molecule has 2 aromatic rings. The minimum Gasteiger partial charge on any atom is -0.368 e. The van der Waals surface area contributed by atoms with E-state index in [0.717, 1.165) is 47.8 Å². The standard InChI is InChI=1S/C32H33F2N5O3/c33-22-11-20(12-23(34)14-22)26-17-36-32(8-2-1-3-9-32)30(42)39(26)18-27(40)37-24-7-6-19-15-31(16-21(19)13-24)25-5-4-10-35-28(25)38-29(31)41/h4-7,11-14,26,35-36H,1-3,8-10,15-18H2,(H,37,40)(H,38,41). The van der Waals surface area contributed by atoms with Crippen molar-refractivity contribution < 1.29 is 23.2 Å². The van der Waals surface area contributed by atoms with Crippen LogP contribution in [0.4, 0.5) is 14.5 Å². The van der Waals surface area contributed by atoms with Crippen molar-refractivity contribution in [2.75, 3.05) is 25.0 Å². The summed E-state index contributed by atoms with van der Waals surface area (Å²) in [7, 11) is 0. The molecule has 42 heavy (non-hydrogen) atoms. The van der Waals surface area contributed by atoms with Gasteiger partial charge in [-0.05, 0) is 66.6 Å². The minimum atomic E-state index is -0.763. The molecule has 1 saturated heterocycles. The van der Waals surface area contributed by atoms with Gasteiger partial charge in [-0.1, -0.05) is 37.5 Å². The highest BCUT2D eigenvalue weighted by molar-refractivity contribution is 5.97. The molecule has 0 aromatic heterocycles. The van der Waals surface area contributed by atoms with Crippen molar-refractivity contribution in [2.24, 2.45) is 5.41 Å². The van der Waals surface area contributed by atoms with Crippen LogP contribution in [0.1, 0.15) is 54.8 Å². The Morgan fingerprint density at radius 1 is 1.00 bits per heavy atom. The molecular formula is C32H33F2N5O3. The third-order valence-corrected chi connectivity index (χ3v) is 9.58. The first-order valence-electron chi connectivity index (χ1n) is 14.7. The highest BCUT2D eigenvalue weighted by atomic mass is 19.1. The van der Waals surface area contributed by atoms with Crippen LogP contribution in [0.3, 0.4) is 0 Å². The van der Waals surface area contributed by atoms with Crippen molar-refractivity contribution in [3.05, 3.63) is 88.3 Å². The van der Waals surface area contributed by atoms with Gasteiger partial charge in [0.15, 0.2) is 0 Å². The summed E-state index contributed by atoms with van der Waals surface area (Å²) in [5.41, 5.74) is 2.46. The molecule has 3 heterocycles. The second-order valence-electron chi connectivity index (χ2n) is 12.2. The smallest absolute Gasteiger partial charge is 0.244 e. The zero-order valence-electron chi connectivity index (χ0n) is 23.2. The van der Waals surface area contributed by atoms with E-state index in [-0.39, 0.29) is 18.4 Å². The topological polar surface area (TPSA) is 103 Å². The highest BCUT2D eigenvalue weighted by Crippen LogP contribution is 2.48. The first-order chi connectivity index (χ1) is 20.3. The quantitative estimate of drug-likeness (QED) is 0.450. The summed E-state index contributed by atoms with van der Waals surface area (Å²) in [6.45, 7) is 0.720. The van der Waals surface area contributed by atoms with Crippen LogP contribution in [0.5, 0.6) is 0 Å². The zero-order valence-corrected chi connectivity index (χ0v) is 23.2. The molecular weight excluding hydrogens is 540 g/mol. The van der Waals surface area contributed by atoms with E-state index in [1.807, 2.05) is 30.4 Å². The number of carbonyl (C=O) groups is 3. The second kappa shape index (κ2) is 10.0. The number of halogens is 2. The molecule has 2 aromatic carbocycles. The molecule has 2 unspecified atom stereocenters. The number of nitrogens with one attached hydrogen (secondary N) is 4. The maximum Gasteiger partial charge on any atom is 0.244 e. The Hall–Kier alpha value is -4.05. The van der Waals surface area contributed by atoms with Crippen molar-refractivity contribution >= 4 is 23.4 Å². The lowest BCUT2D eigenvalue weighted by Gasteiger charge is -2.48. The average Bonchev–Trinajstić information content (AvgIpc) is 3.48. The maximum absolute atomic E-state index is 14.2. The van der Waals surface area contributed by atoms with Gasteiger partial charge in [0.05, 0.1) is 17.0 Å². The SMILES string of the molecule is O=C(CN1C(=O)C2(CCCCC2)NCC1c1cc(F)cc(F)c1)Nc1ccc2c(c1)CC1(C2)C(=O)NC2=C1C=CCN2. The van der Waals surface area contributed by atoms with Gasteiger partial charge in [0, 0.05) is 30.4 Å². The normalized spacial score (nSPS) is 25.9. The Balaban J connectivity index is 1.12. The minimum absolute atomic E-state index is 0.0259. The van der Waals surface area contributed by atoms with Crippen LogP contribution in [-0.4, -0.2) is 47.8 Å². The van der Waals surface area contributed by atoms with Crippen LogP contribution in [0.25, 0.3) is 0 Å². The lowest BCUT2D eigenvalue weighted by Crippen LogP contribution is -2.66. The molecule has 5 aliphatic rings. The Labute approximate surface area is 242 Å². The number of allylic oxidation sites excluding steroid dienone is 1. The number of fused-ring (bicyclic) bond motifs is 2. The third kappa shape index (κ3) is 4.40. The number of hydrogen-bond acceptors (Lipinski definition) is 5. The molecule has 218 valence electrons. The fraction of sp³-hybridized carbons (Fsp3) is 0.406. The Kier molecular flexibility index (Phi) is 6.42. The molecule has 3 aliphatic heterocycles. The van der Waals surface area contributed by atoms with E-state index in [0.29, 0.717) is 50.0 Å². The van der Waals surface area contributed by atoms with Gasteiger partial charge in [-0.3, -0.25) is 14.4 Å². The molecule has 2 aliphatic carbocycles. The summed E-state index contributed by atoms with van der Waals surface area (Å²) in [6, 6.07) is 8.20. The van der Waals surface area contributed by atoms with Gasteiger partial charge in [-0.25, -0.2) is 8.78 Å². The molecule has 10 heteroatoms. The summed E-state index contributed by atoms with van der Waals surface area (Å²) < 4.78 is 28.3. The fourth-order valence-corrected chi connectivity index (χ4v) is 7.53. The first-order valence-corrected chi connectivity index (χ1v) is 14.7. The molecule has 0 radical (unpaired) electrons. The van der Waals surface area contributed by atoms with Crippen molar-refractivity contribution in [1.82, 2.24) is 20.9 Å². The van der Waals surface area contributed by atoms with Crippen LogP contribution in [0.2, 0.25) is 0 Å². The number of nitrogens with zero attached hydrogens (tertiary/aromatic N) is 1. The molecule has 2 atom stereocenters. The number of piperazine rings is 1. The number of dihydropyridines is 1. The monoisotopic (exact) mass is 573 g/mol. The number of amides is 3. The highest BCUT2D eigenvalue weighted by Gasteiger charge is 2.52. The van der Waals surface area contributed by atoms with Gasteiger partial charge in [0.25, 0.3) is 0 Å². The fourth-order valence-electron chi connectivity index (χ4n) is 7.53. The van der Waals surface area contributed by atoms with E-state index in [1.165, 1.54) is 17.0 Å². The predicted octanol–water partition coefficient (Wildman–Crippen LogP) is 3.37. The molecule has 0 bridgehead atoms. The summed E-state index contributed by atoms with van der Waals surface area (Å²) >= 11 is 0. The Morgan fingerprint density at radius 3 is 2.55 bits per heavy atom. The van der Waals surface area contributed by atoms with E-state index < -0.39 is 34.5 Å². The Bertz CT molecular complexity index is 1540. The van der Waals surface area contributed by atoms with Gasteiger partial charge in [-0.2, -0.15) is 0 Å². The van der Waals surface area contributed by atoms with E-state index in [9.17, 15) is 23.2 Å². The largest absolute Gasteiger partial charge is 0.368 e. The zero-order chi connectivity index (χ0) is 29.1. The molecule has 8 nitrogen and oxygen atoms in total. The third-order valence-electron chi connectivity index (χ3n) is 9.58. The molecule has 3 amide bonds. The van der Waals surface area contributed by atoms with Gasteiger partial charge < -0.3 is 26.2 Å². The summed E-state index contributed by atoms with van der Waals surface area (Å²) in [5, 5.41) is 12.5. The van der Waals surface area contributed by atoms with Crippen molar-refractivity contribution in [3.8, 4) is 0 Å². The second-order valence-corrected chi connectivity index (χ2v) is 12.2. The average molecular weight is 574 g/mol. The van der Waals surface area contributed by atoms with Crippen molar-refractivity contribution in [3.63, 3.8) is 0 Å². The molecule has 2 spiro atoms. The van der Waals surface area contributed by atoms with Gasteiger partial charge in [0.1, 0.15) is 24.0 Å². The lowest BCUT2D eigenvalue weighted by molar-refractivity contribution is -0.149. The summed E-state index contributed by atoms with van der Waals surface area (Å²) in [6.07, 6.45) is 9.30. The number of hydrogen-bond donors (Lipinski definition) is 4. The molecule has 2 fully saturated rings. The van der Waals surface area contributed by atoms with Crippen molar-refractivity contribution in [2.45, 2.75) is 56.5 Å². The van der Waals surface area contributed by atoms with Crippen LogP contribution < -0.4 is 21.3 Å². The Morgan fingerprint density at radius 2 is 1.76 bits per heavy atom. The van der Waals surface area contributed by atoms with E-state index >= 15 is 0 Å². The van der Waals surface area contributed by atoms with E-state index in [4.69, 9.17) is 0 Å². The van der Waals surface area contributed by atoms with Crippen LogP contribution >= 0.6 is 0 Å². The van der Waals surface area contributed by atoms with Crippen molar-refractivity contribution in [1.29, 1.82) is 0 Å². The van der Waals surface area contributed by atoms with Gasteiger partial charge in [0.2, 0.25) is 17.7 Å². The summed E-state index contributed by atoms with van der Waals surface area (Å²) in [4.78, 5) is 41.9. The van der Waals surface area contributed by atoms with Gasteiger partial charge >= 0.3 is 0 Å². The lowest BCUT2D eigenvalue weighted by atomic mass is 9.78.